The Balaban J connectivity index is 1.83. The number of rotatable bonds is 4. The summed E-state index contributed by atoms with van der Waals surface area (Å²) in [5.41, 5.74) is 1.45. The van der Waals surface area contributed by atoms with Crippen LogP contribution in [0.4, 0.5) is 0 Å². The van der Waals surface area contributed by atoms with E-state index in [-0.39, 0.29) is 0 Å². The Kier molecular flexibility index (Phi) is 4.00. The van der Waals surface area contributed by atoms with E-state index in [2.05, 4.69) is 42.4 Å². The quantitative estimate of drug-likeness (QED) is 0.867. The standard InChI is InChI=1S/C13H22N2S/c1-10(2)14-12-4-6-15(8-12)9-13-11(3)5-7-16-13/h5,7,10,12,14H,4,6,8-9H2,1-3H3. The second-order valence-electron chi connectivity index (χ2n) is 5.07. The van der Waals surface area contributed by atoms with Gasteiger partial charge in [0.25, 0.3) is 0 Å². The molecule has 0 radical (unpaired) electrons. The molecule has 0 bridgehead atoms. The highest BCUT2D eigenvalue weighted by molar-refractivity contribution is 7.10. The molecule has 1 aromatic heterocycles. The van der Waals surface area contributed by atoms with Gasteiger partial charge in [-0.2, -0.15) is 0 Å². The molecule has 0 amide bonds. The summed E-state index contributed by atoms with van der Waals surface area (Å²) in [7, 11) is 0. The third-order valence-corrected chi connectivity index (χ3v) is 4.18. The molecule has 0 saturated carbocycles. The van der Waals surface area contributed by atoms with Crippen LogP contribution in [0, 0.1) is 6.92 Å². The first-order valence-corrected chi connectivity index (χ1v) is 7.04. The van der Waals surface area contributed by atoms with Crippen LogP contribution in [0.1, 0.15) is 30.7 Å². The monoisotopic (exact) mass is 238 g/mol. The van der Waals surface area contributed by atoms with E-state index >= 15 is 0 Å². The fourth-order valence-electron chi connectivity index (χ4n) is 2.35. The highest BCUT2D eigenvalue weighted by Crippen LogP contribution is 2.20. The maximum atomic E-state index is 3.63. The van der Waals surface area contributed by atoms with Crippen LogP contribution in [0.2, 0.25) is 0 Å². The molecule has 2 nitrogen and oxygen atoms in total. The molecule has 0 aliphatic carbocycles. The topological polar surface area (TPSA) is 15.3 Å². The minimum absolute atomic E-state index is 0.605. The number of likely N-dealkylation sites (tertiary alicyclic amines) is 1. The van der Waals surface area contributed by atoms with Gasteiger partial charge in [-0.15, -0.1) is 11.3 Å². The molecule has 90 valence electrons. The Hall–Kier alpha value is -0.380. The van der Waals surface area contributed by atoms with Gasteiger partial charge >= 0.3 is 0 Å². The first-order chi connectivity index (χ1) is 7.65. The Morgan fingerprint density at radius 3 is 3.00 bits per heavy atom. The van der Waals surface area contributed by atoms with Crippen molar-refractivity contribution in [1.29, 1.82) is 0 Å². The van der Waals surface area contributed by atoms with Crippen molar-refractivity contribution in [3.8, 4) is 0 Å². The second-order valence-corrected chi connectivity index (χ2v) is 6.07. The third-order valence-electron chi connectivity index (χ3n) is 3.18. The molecule has 3 heteroatoms. The Morgan fingerprint density at radius 2 is 2.38 bits per heavy atom. The van der Waals surface area contributed by atoms with Gasteiger partial charge in [-0.05, 0) is 30.4 Å². The van der Waals surface area contributed by atoms with Gasteiger partial charge in [0.2, 0.25) is 0 Å². The van der Waals surface area contributed by atoms with Crippen molar-refractivity contribution in [2.45, 2.75) is 45.8 Å². The van der Waals surface area contributed by atoms with Crippen LogP contribution in [0.15, 0.2) is 11.4 Å². The third kappa shape index (κ3) is 3.06. The maximum absolute atomic E-state index is 3.63. The predicted molar refractivity (Wildman–Crippen MR) is 71.0 cm³/mol. The van der Waals surface area contributed by atoms with Crippen LogP contribution < -0.4 is 5.32 Å². The molecule has 0 aromatic carbocycles. The minimum atomic E-state index is 0.605. The summed E-state index contributed by atoms with van der Waals surface area (Å²) in [4.78, 5) is 4.10. The molecule has 1 aliphatic rings. The lowest BCUT2D eigenvalue weighted by Gasteiger charge is -2.18. The lowest BCUT2D eigenvalue weighted by atomic mass is 10.2. The number of nitrogens with one attached hydrogen (secondary N) is 1. The molecule has 16 heavy (non-hydrogen) atoms. The summed E-state index contributed by atoms with van der Waals surface area (Å²) < 4.78 is 0. The molecule has 2 heterocycles. The van der Waals surface area contributed by atoms with Crippen molar-refractivity contribution >= 4 is 11.3 Å². The van der Waals surface area contributed by atoms with E-state index in [1.165, 1.54) is 30.0 Å². The zero-order chi connectivity index (χ0) is 11.5. The Morgan fingerprint density at radius 1 is 1.56 bits per heavy atom. The van der Waals surface area contributed by atoms with Crippen molar-refractivity contribution in [3.63, 3.8) is 0 Å². The van der Waals surface area contributed by atoms with Gasteiger partial charge in [-0.25, -0.2) is 0 Å². The van der Waals surface area contributed by atoms with Gasteiger partial charge in [0.1, 0.15) is 0 Å². The summed E-state index contributed by atoms with van der Waals surface area (Å²) in [6, 6.07) is 3.52. The van der Waals surface area contributed by atoms with Crippen LogP contribution in [0.5, 0.6) is 0 Å². The van der Waals surface area contributed by atoms with Crippen LogP contribution in [0.25, 0.3) is 0 Å². The van der Waals surface area contributed by atoms with Crippen LogP contribution in [-0.2, 0) is 6.54 Å². The Bertz CT molecular complexity index is 332. The Labute approximate surface area is 103 Å². The molecule has 1 aromatic rings. The summed E-state index contributed by atoms with van der Waals surface area (Å²) in [6.07, 6.45) is 1.29. The van der Waals surface area contributed by atoms with Gasteiger partial charge in [-0.3, -0.25) is 4.90 Å². The molecule has 1 unspecified atom stereocenters. The van der Waals surface area contributed by atoms with Crippen LogP contribution >= 0.6 is 11.3 Å². The van der Waals surface area contributed by atoms with Gasteiger partial charge in [0.15, 0.2) is 0 Å². The van der Waals surface area contributed by atoms with Crippen LogP contribution in [-0.4, -0.2) is 30.1 Å². The zero-order valence-electron chi connectivity index (χ0n) is 10.5. The lowest BCUT2D eigenvalue weighted by molar-refractivity contribution is 0.319. The first kappa shape index (κ1) is 12.1. The van der Waals surface area contributed by atoms with Crippen LogP contribution in [0.3, 0.4) is 0 Å². The SMILES string of the molecule is Cc1ccsc1CN1CCC(NC(C)C)C1. The number of aryl methyl sites for hydroxylation is 1. The van der Waals surface area contributed by atoms with Crippen molar-refractivity contribution in [3.05, 3.63) is 21.9 Å². The zero-order valence-corrected chi connectivity index (χ0v) is 11.3. The van der Waals surface area contributed by atoms with Gasteiger partial charge in [-0.1, -0.05) is 13.8 Å². The molecule has 1 aliphatic heterocycles. The smallest absolute Gasteiger partial charge is 0.0331 e. The van der Waals surface area contributed by atoms with E-state index < -0.39 is 0 Å². The highest BCUT2D eigenvalue weighted by Gasteiger charge is 2.23. The maximum Gasteiger partial charge on any atom is 0.0331 e. The summed E-state index contributed by atoms with van der Waals surface area (Å²) in [5, 5.41) is 5.83. The van der Waals surface area contributed by atoms with Crippen molar-refractivity contribution < 1.29 is 0 Å². The van der Waals surface area contributed by atoms with Crippen molar-refractivity contribution in [2.24, 2.45) is 0 Å². The minimum Gasteiger partial charge on any atom is -0.310 e. The molecule has 2 rings (SSSR count). The molecular formula is C13H22N2S. The second kappa shape index (κ2) is 5.30. The van der Waals surface area contributed by atoms with E-state index in [1.807, 2.05) is 11.3 Å². The normalized spacial score (nSPS) is 22.1. The largest absolute Gasteiger partial charge is 0.310 e. The molecule has 1 fully saturated rings. The lowest BCUT2D eigenvalue weighted by Crippen LogP contribution is -2.36. The van der Waals surface area contributed by atoms with Gasteiger partial charge in [0.05, 0.1) is 0 Å². The molecule has 1 N–H and O–H groups in total. The fourth-order valence-corrected chi connectivity index (χ4v) is 3.30. The fraction of sp³-hybridized carbons (Fsp3) is 0.692. The highest BCUT2D eigenvalue weighted by atomic mass is 32.1. The van der Waals surface area contributed by atoms with E-state index in [1.54, 1.807) is 0 Å². The summed E-state index contributed by atoms with van der Waals surface area (Å²) in [6.45, 7) is 10.3. The summed E-state index contributed by atoms with van der Waals surface area (Å²) in [5.74, 6) is 0. The van der Waals surface area contributed by atoms with E-state index in [4.69, 9.17) is 0 Å². The first-order valence-electron chi connectivity index (χ1n) is 6.16. The number of hydrogen-bond acceptors (Lipinski definition) is 3. The van der Waals surface area contributed by atoms with E-state index in [9.17, 15) is 0 Å². The molecular weight excluding hydrogens is 216 g/mol. The average molecular weight is 238 g/mol. The van der Waals surface area contributed by atoms with Gasteiger partial charge < -0.3 is 5.32 Å². The molecule has 1 saturated heterocycles. The summed E-state index contributed by atoms with van der Waals surface area (Å²) >= 11 is 1.89. The predicted octanol–water partition coefficient (Wildman–Crippen LogP) is 2.63. The number of nitrogens with zero attached hydrogens (tertiary/aromatic N) is 1. The molecule has 0 spiro atoms. The van der Waals surface area contributed by atoms with Gasteiger partial charge in [0, 0.05) is 36.6 Å². The number of thiophene rings is 1. The number of hydrogen-bond donors (Lipinski definition) is 1. The average Bonchev–Trinajstić information content (AvgIpc) is 2.77. The van der Waals surface area contributed by atoms with Crippen molar-refractivity contribution in [2.75, 3.05) is 13.1 Å². The van der Waals surface area contributed by atoms with E-state index in [0.717, 1.165) is 6.54 Å². The van der Waals surface area contributed by atoms with E-state index in [0.29, 0.717) is 12.1 Å². The van der Waals surface area contributed by atoms with Crippen molar-refractivity contribution in [1.82, 2.24) is 10.2 Å². The molecule has 1 atom stereocenters.